The van der Waals surface area contributed by atoms with Gasteiger partial charge in [-0.25, -0.2) is 4.39 Å². The van der Waals surface area contributed by atoms with Gasteiger partial charge in [0.25, 0.3) is 0 Å². The minimum Gasteiger partial charge on any atom is -0.507 e. The van der Waals surface area contributed by atoms with Gasteiger partial charge >= 0.3 is 0 Å². The van der Waals surface area contributed by atoms with Crippen molar-refractivity contribution in [1.82, 2.24) is 10.2 Å². The number of ketones is 4. The molecule has 9 nitrogen and oxygen atoms in total. The lowest BCUT2D eigenvalue weighted by Gasteiger charge is -2.53. The molecule has 0 saturated heterocycles. The van der Waals surface area contributed by atoms with E-state index in [1.807, 2.05) is 30.3 Å². The van der Waals surface area contributed by atoms with Crippen molar-refractivity contribution >= 4 is 28.8 Å². The predicted octanol–water partition coefficient (Wildman–Crippen LogP) is 3.26. The number of nitrogens with one attached hydrogen (secondary N) is 2. The van der Waals surface area contributed by atoms with Crippen LogP contribution in [0.5, 0.6) is 5.75 Å². The number of hydrogen-bond acceptors (Lipinski definition) is 9. The van der Waals surface area contributed by atoms with E-state index in [-0.39, 0.29) is 47.2 Å². The minimum absolute atomic E-state index is 0.00654. The normalized spacial score (nSPS) is 28.3. The first-order chi connectivity index (χ1) is 21.0. The van der Waals surface area contributed by atoms with Crippen molar-refractivity contribution in [3.63, 3.8) is 0 Å². The molecule has 4 N–H and O–H groups in total. The molecule has 240 valence electrons. The average Bonchev–Trinajstić information content (AvgIpc) is 2.97. The topological polar surface area (TPSA) is 148 Å². The summed E-state index contributed by atoms with van der Waals surface area (Å²) >= 11 is 0. The highest BCUT2D eigenvalue weighted by atomic mass is 19.1. The van der Waals surface area contributed by atoms with Gasteiger partial charge in [0, 0.05) is 41.3 Å². The van der Waals surface area contributed by atoms with Crippen molar-refractivity contribution in [2.75, 3.05) is 20.6 Å². The summed E-state index contributed by atoms with van der Waals surface area (Å²) in [5.41, 5.74) is -2.18. The molecule has 0 aliphatic heterocycles. The van der Waals surface area contributed by atoms with Crippen molar-refractivity contribution in [3.8, 4) is 5.75 Å². The number of aliphatic hydroxyl groups is 1. The minimum atomic E-state index is -2.67. The number of rotatable bonds is 8. The molecule has 5 rings (SSSR count). The van der Waals surface area contributed by atoms with E-state index in [0.29, 0.717) is 6.54 Å². The molecule has 0 spiro atoms. The molecule has 2 aromatic carbocycles. The number of hydrogen-bond donors (Lipinski definition) is 4. The molecular formula is C35H42FN3O6. The molecule has 0 aromatic heterocycles. The summed E-state index contributed by atoms with van der Waals surface area (Å²) in [5, 5.41) is 34.6. The number of Topliss-reactive ketones (excluding diaryl/α,β-unsaturated/α-hetero) is 4. The van der Waals surface area contributed by atoms with Gasteiger partial charge in [0.1, 0.15) is 17.5 Å². The SMILES string of the molecule is CC(C)C(=N)C1C(=O)C(N(C)C)C2CC3Cc4c(F)c(CNCC(C)(C)c5ccccc5)cc(O)c4C(=O)C3C(=O)C2(O)C1=O. The number of likely N-dealkylation sites (N-methyl/N-ethyl adjacent to an activating group) is 1. The Balaban J connectivity index is 1.47. The maximum atomic E-state index is 16.1. The van der Waals surface area contributed by atoms with Gasteiger partial charge in [-0.1, -0.05) is 58.0 Å². The molecule has 0 bridgehead atoms. The third-order valence-corrected chi connectivity index (χ3v) is 10.2. The summed E-state index contributed by atoms with van der Waals surface area (Å²) in [6.45, 7) is 8.01. The zero-order valence-corrected chi connectivity index (χ0v) is 26.6. The van der Waals surface area contributed by atoms with Crippen LogP contribution in [-0.2, 0) is 32.8 Å². The van der Waals surface area contributed by atoms with E-state index in [1.165, 1.54) is 11.0 Å². The van der Waals surface area contributed by atoms with Crippen LogP contribution in [0.1, 0.15) is 61.2 Å². The standard InChI is InChI=1S/C35H42FN3O6/c1-17(2)28(37)26-31(42)29(39(5)6)22-13-18-12-21-25(30(41)24(18)32(43)35(22,45)33(26)44)23(40)14-19(27(21)36)15-38-16-34(3,4)20-10-8-7-9-11-20/h7-11,14,17-18,22,24,26,29,37-38,40,45H,12-13,15-16H2,1-6H3. The van der Waals surface area contributed by atoms with Crippen LogP contribution < -0.4 is 5.32 Å². The van der Waals surface area contributed by atoms with Gasteiger partial charge in [-0.05, 0) is 50.4 Å². The highest BCUT2D eigenvalue weighted by molar-refractivity contribution is 6.33. The molecule has 0 amide bonds. The van der Waals surface area contributed by atoms with E-state index in [2.05, 4.69) is 19.2 Å². The van der Waals surface area contributed by atoms with Crippen molar-refractivity contribution in [1.29, 1.82) is 5.41 Å². The van der Waals surface area contributed by atoms with E-state index in [4.69, 9.17) is 5.41 Å². The second-order valence-corrected chi connectivity index (χ2v) is 14.1. The zero-order valence-electron chi connectivity index (χ0n) is 26.6. The molecular weight excluding hydrogens is 577 g/mol. The molecule has 10 heteroatoms. The molecule has 2 saturated carbocycles. The van der Waals surface area contributed by atoms with Crippen LogP contribution in [0.25, 0.3) is 0 Å². The first-order valence-corrected chi connectivity index (χ1v) is 15.5. The zero-order chi connectivity index (χ0) is 33.2. The fourth-order valence-corrected chi connectivity index (χ4v) is 7.70. The van der Waals surface area contributed by atoms with E-state index in [9.17, 15) is 29.4 Å². The summed E-state index contributed by atoms with van der Waals surface area (Å²) in [4.78, 5) is 57.0. The number of carbonyl (C=O) groups excluding carboxylic acids is 4. The molecule has 45 heavy (non-hydrogen) atoms. The number of fused-ring (bicyclic) bond motifs is 3. The summed E-state index contributed by atoms with van der Waals surface area (Å²) in [7, 11) is 3.20. The number of carbonyl (C=O) groups is 4. The third-order valence-electron chi connectivity index (χ3n) is 10.2. The summed E-state index contributed by atoms with van der Waals surface area (Å²) in [6, 6.07) is 9.99. The van der Waals surface area contributed by atoms with Gasteiger partial charge in [0.15, 0.2) is 28.7 Å². The fraction of sp³-hybridized carbons (Fsp3) is 0.514. The molecule has 3 aliphatic carbocycles. The molecule has 2 fully saturated rings. The van der Waals surface area contributed by atoms with Gasteiger partial charge in [-0.2, -0.15) is 0 Å². The molecule has 3 aliphatic rings. The van der Waals surface area contributed by atoms with Gasteiger partial charge in [0.05, 0.1) is 17.5 Å². The number of aromatic hydroxyl groups is 1. The monoisotopic (exact) mass is 619 g/mol. The molecule has 0 heterocycles. The van der Waals surface area contributed by atoms with E-state index in [0.717, 1.165) is 5.56 Å². The lowest BCUT2D eigenvalue weighted by molar-refractivity contribution is -0.178. The van der Waals surface area contributed by atoms with Gasteiger partial charge < -0.3 is 20.9 Å². The molecule has 2 aromatic rings. The van der Waals surface area contributed by atoms with Crippen LogP contribution in [0.4, 0.5) is 4.39 Å². The Morgan fingerprint density at radius 3 is 2.38 bits per heavy atom. The number of halogens is 1. The van der Waals surface area contributed by atoms with E-state index < -0.39 is 75.9 Å². The average molecular weight is 620 g/mol. The lowest BCUT2D eigenvalue weighted by atomic mass is 9.51. The van der Waals surface area contributed by atoms with Gasteiger partial charge in [0.2, 0.25) is 0 Å². The highest BCUT2D eigenvalue weighted by Gasteiger charge is 2.69. The molecule has 0 radical (unpaired) electrons. The number of phenols is 1. The number of phenolic OH excluding ortho intramolecular Hbond substituents is 1. The highest BCUT2D eigenvalue weighted by Crippen LogP contribution is 2.51. The smallest absolute Gasteiger partial charge is 0.188 e. The van der Waals surface area contributed by atoms with Crippen LogP contribution in [0.15, 0.2) is 36.4 Å². The first-order valence-electron chi connectivity index (χ1n) is 15.5. The molecule has 6 atom stereocenters. The Labute approximate surface area is 262 Å². The van der Waals surface area contributed by atoms with Crippen molar-refractivity contribution in [3.05, 3.63) is 64.5 Å². The van der Waals surface area contributed by atoms with Crippen LogP contribution >= 0.6 is 0 Å². The first kappa shape index (κ1) is 32.8. The summed E-state index contributed by atoms with van der Waals surface area (Å²) < 4.78 is 16.1. The Kier molecular flexibility index (Phi) is 8.48. The van der Waals surface area contributed by atoms with Crippen LogP contribution in [0, 0.1) is 40.8 Å². The van der Waals surface area contributed by atoms with Crippen LogP contribution in [-0.4, -0.2) is 76.2 Å². The third kappa shape index (κ3) is 5.16. The van der Waals surface area contributed by atoms with Gasteiger partial charge in [-0.3, -0.25) is 24.1 Å². The van der Waals surface area contributed by atoms with Crippen LogP contribution in [0.3, 0.4) is 0 Å². The van der Waals surface area contributed by atoms with E-state index in [1.54, 1.807) is 27.9 Å². The summed E-state index contributed by atoms with van der Waals surface area (Å²) in [5.74, 6) is -10.2. The second-order valence-electron chi connectivity index (χ2n) is 14.1. The Bertz CT molecular complexity index is 1590. The quantitative estimate of drug-likeness (QED) is 0.260. The fourth-order valence-electron chi connectivity index (χ4n) is 7.70. The van der Waals surface area contributed by atoms with Crippen LogP contribution in [0.2, 0.25) is 0 Å². The Morgan fingerprint density at radius 2 is 1.78 bits per heavy atom. The van der Waals surface area contributed by atoms with Crippen molar-refractivity contribution < 1.29 is 33.8 Å². The second kappa shape index (κ2) is 11.6. The maximum absolute atomic E-state index is 16.1. The largest absolute Gasteiger partial charge is 0.507 e. The Morgan fingerprint density at radius 1 is 1.13 bits per heavy atom. The van der Waals surface area contributed by atoms with E-state index >= 15 is 4.39 Å². The molecule has 6 unspecified atom stereocenters. The Hall–Kier alpha value is -3.60. The summed E-state index contributed by atoms with van der Waals surface area (Å²) in [6.07, 6.45) is -0.144. The van der Waals surface area contributed by atoms with Crippen molar-refractivity contribution in [2.24, 2.45) is 29.6 Å². The predicted molar refractivity (Wildman–Crippen MR) is 166 cm³/mol. The van der Waals surface area contributed by atoms with Crippen molar-refractivity contribution in [2.45, 2.75) is 64.1 Å². The lowest BCUT2D eigenvalue weighted by Crippen LogP contribution is -2.73. The number of benzene rings is 2. The van der Waals surface area contributed by atoms with Gasteiger partial charge in [-0.15, -0.1) is 0 Å². The maximum Gasteiger partial charge on any atom is 0.188 e. The number of nitrogens with zero attached hydrogens (tertiary/aromatic N) is 1.